The molecule has 0 amide bonds. The Bertz CT molecular complexity index is 144. The van der Waals surface area contributed by atoms with Gasteiger partial charge in [-0.15, -0.1) is 0 Å². The third-order valence-corrected chi connectivity index (χ3v) is 1.87. The fraction of sp³-hybridized carbons (Fsp3) is 0.667. The van der Waals surface area contributed by atoms with Crippen LogP contribution in [0, 0.1) is 0 Å². The van der Waals surface area contributed by atoms with Gasteiger partial charge >= 0.3 is 5.97 Å². The fourth-order valence-electron chi connectivity index (χ4n) is 0.381. The van der Waals surface area contributed by atoms with Gasteiger partial charge < -0.3 is 4.74 Å². The molecule has 0 heterocycles. The van der Waals surface area contributed by atoms with Crippen molar-refractivity contribution in [2.24, 2.45) is 0 Å². The molecule has 0 N–H and O–H groups in total. The Labute approximate surface area is 67.9 Å². The lowest BCUT2D eigenvalue weighted by atomic mass is 10.3. The van der Waals surface area contributed by atoms with E-state index in [9.17, 15) is 9.59 Å². The summed E-state index contributed by atoms with van der Waals surface area (Å²) in [6.45, 7) is 3.32. The largest absolute Gasteiger partial charge is 0.465 e. The van der Waals surface area contributed by atoms with Crippen LogP contribution in [-0.4, -0.2) is 23.2 Å². The van der Waals surface area contributed by atoms with E-state index in [1.165, 1.54) is 6.92 Å². The first-order valence-corrected chi connectivity index (χ1v) is 3.82. The molecule has 10 heavy (non-hydrogen) atoms. The Kier molecular flexibility index (Phi) is 4.27. The van der Waals surface area contributed by atoms with Gasteiger partial charge in [-0.25, -0.2) is 0 Å². The molecule has 0 aromatic rings. The molecule has 0 aliphatic carbocycles. The third-order valence-electron chi connectivity index (χ3n) is 0.850. The smallest absolute Gasteiger partial charge is 0.327 e. The predicted octanol–water partition coefficient (Wildman–Crippen LogP) is 0.902. The van der Waals surface area contributed by atoms with Crippen LogP contribution < -0.4 is 0 Å². The predicted molar refractivity (Wildman–Crippen MR) is 40.0 cm³/mol. The Morgan fingerprint density at radius 1 is 1.60 bits per heavy atom. The standard InChI is InChI=1S/C6H9BrO3/c1-3-10-6(9)5(7)4(2)8/h5H,3H2,1-2H3/t5-/m1/s1. The highest BCUT2D eigenvalue weighted by atomic mass is 79.9. The lowest BCUT2D eigenvalue weighted by Gasteiger charge is -2.03. The van der Waals surface area contributed by atoms with Crippen molar-refractivity contribution in [1.29, 1.82) is 0 Å². The molecule has 0 aromatic heterocycles. The molecule has 0 rings (SSSR count). The maximum Gasteiger partial charge on any atom is 0.327 e. The Morgan fingerprint density at radius 3 is 2.40 bits per heavy atom. The average Bonchev–Trinajstić information content (AvgIpc) is 1.87. The molecule has 0 unspecified atom stereocenters. The van der Waals surface area contributed by atoms with Crippen LogP contribution in [-0.2, 0) is 14.3 Å². The summed E-state index contributed by atoms with van der Waals surface area (Å²) in [5.74, 6) is -0.756. The number of carbonyl (C=O) groups excluding carboxylic acids is 2. The number of Topliss-reactive ketones (excluding diaryl/α,β-unsaturated/α-hetero) is 1. The lowest BCUT2D eigenvalue weighted by molar-refractivity contribution is -0.144. The van der Waals surface area contributed by atoms with E-state index in [-0.39, 0.29) is 5.78 Å². The van der Waals surface area contributed by atoms with Crippen LogP contribution in [0.2, 0.25) is 0 Å². The SMILES string of the molecule is CCOC(=O)[C@H](Br)C(C)=O. The molecule has 0 saturated carbocycles. The van der Waals surface area contributed by atoms with E-state index in [2.05, 4.69) is 20.7 Å². The van der Waals surface area contributed by atoms with Gasteiger partial charge in [0, 0.05) is 0 Å². The van der Waals surface area contributed by atoms with Crippen molar-refractivity contribution in [2.75, 3.05) is 6.61 Å². The van der Waals surface area contributed by atoms with Crippen molar-refractivity contribution in [1.82, 2.24) is 0 Å². The van der Waals surface area contributed by atoms with E-state index >= 15 is 0 Å². The van der Waals surface area contributed by atoms with E-state index in [4.69, 9.17) is 0 Å². The van der Waals surface area contributed by atoms with Gasteiger partial charge in [-0.1, -0.05) is 15.9 Å². The first-order valence-electron chi connectivity index (χ1n) is 2.90. The summed E-state index contributed by atoms with van der Waals surface area (Å²) in [7, 11) is 0. The summed E-state index contributed by atoms with van der Waals surface area (Å²) in [5, 5.41) is 0. The van der Waals surface area contributed by atoms with Crippen molar-refractivity contribution in [3.63, 3.8) is 0 Å². The zero-order valence-corrected chi connectivity index (χ0v) is 7.47. The van der Waals surface area contributed by atoms with E-state index in [1.807, 2.05) is 0 Å². The minimum Gasteiger partial charge on any atom is -0.465 e. The van der Waals surface area contributed by atoms with Crippen LogP contribution >= 0.6 is 15.9 Å². The van der Waals surface area contributed by atoms with Gasteiger partial charge in [-0.3, -0.25) is 9.59 Å². The minimum atomic E-state index is -0.799. The molecule has 0 aromatic carbocycles. The van der Waals surface area contributed by atoms with Gasteiger partial charge in [0.1, 0.15) is 0 Å². The molecule has 0 fully saturated rings. The summed E-state index contributed by atoms with van der Waals surface area (Å²) in [5.41, 5.74) is 0. The molecule has 1 atom stereocenters. The van der Waals surface area contributed by atoms with E-state index < -0.39 is 10.8 Å². The quantitative estimate of drug-likeness (QED) is 0.394. The van der Waals surface area contributed by atoms with Gasteiger partial charge in [-0.2, -0.15) is 0 Å². The van der Waals surface area contributed by atoms with Crippen LogP contribution in [0.15, 0.2) is 0 Å². The van der Waals surface area contributed by atoms with Crippen LogP contribution in [0.1, 0.15) is 13.8 Å². The van der Waals surface area contributed by atoms with Gasteiger partial charge in [0.15, 0.2) is 10.6 Å². The molecule has 0 bridgehead atoms. The van der Waals surface area contributed by atoms with E-state index in [0.29, 0.717) is 6.61 Å². The molecule has 4 heteroatoms. The van der Waals surface area contributed by atoms with Crippen molar-refractivity contribution in [3.8, 4) is 0 Å². The molecule has 0 saturated heterocycles. The van der Waals surface area contributed by atoms with Crippen LogP contribution in [0.25, 0.3) is 0 Å². The number of hydrogen-bond donors (Lipinski definition) is 0. The first kappa shape index (κ1) is 9.62. The summed E-state index contributed by atoms with van der Waals surface area (Å²) in [6.07, 6.45) is 0. The second kappa shape index (κ2) is 4.44. The molecule has 0 aliphatic heterocycles. The zero-order chi connectivity index (χ0) is 8.15. The van der Waals surface area contributed by atoms with Crippen LogP contribution in [0.4, 0.5) is 0 Å². The summed E-state index contributed by atoms with van der Waals surface area (Å²) >= 11 is 2.88. The normalized spacial score (nSPS) is 12.3. The highest BCUT2D eigenvalue weighted by molar-refractivity contribution is 9.10. The number of alkyl halides is 1. The van der Waals surface area contributed by atoms with Gasteiger partial charge in [-0.05, 0) is 13.8 Å². The molecule has 0 spiro atoms. The second-order valence-corrected chi connectivity index (χ2v) is 2.64. The number of carbonyl (C=O) groups is 2. The number of esters is 1. The number of ketones is 1. The van der Waals surface area contributed by atoms with E-state index in [1.54, 1.807) is 6.92 Å². The third kappa shape index (κ3) is 2.96. The first-order chi connectivity index (χ1) is 4.59. The molecule has 0 radical (unpaired) electrons. The van der Waals surface area contributed by atoms with Gasteiger partial charge in [0.2, 0.25) is 0 Å². The maximum absolute atomic E-state index is 10.7. The topological polar surface area (TPSA) is 43.4 Å². The molecule has 0 aliphatic rings. The van der Waals surface area contributed by atoms with Crippen LogP contribution in [0.5, 0.6) is 0 Å². The highest BCUT2D eigenvalue weighted by Crippen LogP contribution is 2.02. The molecular weight excluding hydrogens is 200 g/mol. The summed E-state index contributed by atoms with van der Waals surface area (Å²) < 4.78 is 4.56. The Hall–Kier alpha value is -0.380. The van der Waals surface area contributed by atoms with Crippen molar-refractivity contribution in [2.45, 2.75) is 18.7 Å². The lowest BCUT2D eigenvalue weighted by Crippen LogP contribution is -2.23. The van der Waals surface area contributed by atoms with Crippen molar-refractivity contribution >= 4 is 27.7 Å². The maximum atomic E-state index is 10.7. The van der Waals surface area contributed by atoms with Gasteiger partial charge in [0.25, 0.3) is 0 Å². The summed E-state index contributed by atoms with van der Waals surface area (Å²) in [6, 6.07) is 0. The minimum absolute atomic E-state index is 0.238. The van der Waals surface area contributed by atoms with E-state index in [0.717, 1.165) is 0 Å². The summed E-state index contributed by atoms with van der Waals surface area (Å²) in [4.78, 5) is 20.4. The zero-order valence-electron chi connectivity index (χ0n) is 5.89. The molecule has 3 nitrogen and oxygen atoms in total. The van der Waals surface area contributed by atoms with Crippen molar-refractivity contribution in [3.05, 3.63) is 0 Å². The molecule has 58 valence electrons. The Morgan fingerprint density at radius 2 is 2.10 bits per heavy atom. The molecular formula is C6H9BrO3. The second-order valence-electron chi connectivity index (χ2n) is 1.73. The Balaban J connectivity index is 3.82. The fourth-order valence-corrected chi connectivity index (χ4v) is 0.514. The number of halogens is 1. The number of rotatable bonds is 3. The average molecular weight is 209 g/mol. The van der Waals surface area contributed by atoms with Gasteiger partial charge in [0.05, 0.1) is 6.61 Å². The van der Waals surface area contributed by atoms with Crippen LogP contribution in [0.3, 0.4) is 0 Å². The monoisotopic (exact) mass is 208 g/mol. The number of ether oxygens (including phenoxy) is 1. The number of hydrogen-bond acceptors (Lipinski definition) is 3. The highest BCUT2D eigenvalue weighted by Gasteiger charge is 2.19. The van der Waals surface area contributed by atoms with Crippen molar-refractivity contribution < 1.29 is 14.3 Å².